The van der Waals surface area contributed by atoms with Gasteiger partial charge < -0.3 is 34.1 Å². The minimum absolute atomic E-state index is 0.0145. The smallest absolute Gasteiger partial charge is 0.407 e. The molecule has 2 aromatic heterocycles. The molecule has 2 amide bonds. The van der Waals surface area contributed by atoms with E-state index < -0.39 is 25.6 Å². The first-order valence-electron chi connectivity index (χ1n) is 17.4. The van der Waals surface area contributed by atoms with Gasteiger partial charge in [0.05, 0.1) is 24.8 Å². The van der Waals surface area contributed by atoms with Gasteiger partial charge in [-0.2, -0.15) is 0 Å². The molecule has 2 aliphatic rings. The Labute approximate surface area is 289 Å². The SMILES string of the molecule is COc1cc(-c2ncnc3c(C(=O)NC4CCC(NC(=O)OC(C)(C)C)CC4)c(C)n(COCC[Si](C)(C)C)c23)c(OCC2CC2)cc1F. The van der Waals surface area contributed by atoms with Crippen molar-refractivity contribution in [2.45, 2.75) is 116 Å². The minimum atomic E-state index is -1.34. The molecule has 0 spiro atoms. The number of methoxy groups -OCH3 is 1. The second-order valence-electron chi connectivity index (χ2n) is 15.6. The fraction of sp³-hybridized carbons (Fsp3) is 0.611. The lowest BCUT2D eigenvalue weighted by Crippen LogP contribution is -2.45. The number of aromatic nitrogens is 3. The first-order chi connectivity index (χ1) is 23.1. The van der Waals surface area contributed by atoms with E-state index in [0.29, 0.717) is 71.3 Å². The summed E-state index contributed by atoms with van der Waals surface area (Å²) in [5.41, 5.74) is 2.70. The van der Waals surface area contributed by atoms with Crippen LogP contribution in [-0.4, -0.2) is 72.6 Å². The van der Waals surface area contributed by atoms with Gasteiger partial charge in [-0.1, -0.05) is 19.6 Å². The van der Waals surface area contributed by atoms with Gasteiger partial charge in [-0.15, -0.1) is 0 Å². The maximum atomic E-state index is 15.0. The average molecular weight is 698 g/mol. The van der Waals surface area contributed by atoms with E-state index in [9.17, 15) is 14.0 Å². The van der Waals surface area contributed by atoms with Crippen molar-refractivity contribution in [3.63, 3.8) is 0 Å². The van der Waals surface area contributed by atoms with Crippen molar-refractivity contribution >= 4 is 31.1 Å². The molecule has 5 rings (SSSR count). The van der Waals surface area contributed by atoms with Crippen molar-refractivity contribution in [1.29, 1.82) is 0 Å². The van der Waals surface area contributed by atoms with Gasteiger partial charge in [0.1, 0.15) is 35.6 Å². The fourth-order valence-corrected chi connectivity index (χ4v) is 6.81. The summed E-state index contributed by atoms with van der Waals surface area (Å²) in [7, 11) is 0.0769. The number of halogens is 1. The number of ether oxygens (including phenoxy) is 4. The maximum absolute atomic E-state index is 15.0. The lowest BCUT2D eigenvalue weighted by Gasteiger charge is -2.30. The monoisotopic (exact) mass is 697 g/mol. The van der Waals surface area contributed by atoms with Crippen LogP contribution in [0.1, 0.15) is 75.3 Å². The van der Waals surface area contributed by atoms with Crippen LogP contribution in [0.25, 0.3) is 22.3 Å². The minimum Gasteiger partial charge on any atom is -0.494 e. The van der Waals surface area contributed by atoms with E-state index in [-0.39, 0.29) is 30.5 Å². The number of hydrogen-bond donors (Lipinski definition) is 2. The van der Waals surface area contributed by atoms with Gasteiger partial charge in [-0.05, 0) is 84.2 Å². The highest BCUT2D eigenvalue weighted by Crippen LogP contribution is 2.40. The summed E-state index contributed by atoms with van der Waals surface area (Å²) in [6.07, 6.45) is 6.04. The summed E-state index contributed by atoms with van der Waals surface area (Å²) in [5, 5.41) is 6.19. The molecule has 0 atom stereocenters. The highest BCUT2D eigenvalue weighted by molar-refractivity contribution is 6.76. The van der Waals surface area contributed by atoms with Gasteiger partial charge in [0.15, 0.2) is 11.6 Å². The average Bonchev–Trinajstić information content (AvgIpc) is 3.80. The lowest BCUT2D eigenvalue weighted by atomic mass is 9.91. The van der Waals surface area contributed by atoms with Gasteiger partial charge in [0.2, 0.25) is 0 Å². The lowest BCUT2D eigenvalue weighted by molar-refractivity contribution is 0.0487. The molecule has 13 heteroatoms. The number of amides is 2. The molecule has 0 bridgehead atoms. The second-order valence-corrected chi connectivity index (χ2v) is 21.2. The van der Waals surface area contributed by atoms with Crippen molar-refractivity contribution < 1.29 is 32.9 Å². The van der Waals surface area contributed by atoms with Crippen molar-refractivity contribution in [2.75, 3.05) is 20.3 Å². The number of rotatable bonds is 13. The molecular formula is C36H52FN5O6Si. The van der Waals surface area contributed by atoms with Crippen LogP contribution in [0, 0.1) is 18.7 Å². The van der Waals surface area contributed by atoms with Crippen LogP contribution in [0.2, 0.25) is 25.7 Å². The Bertz CT molecular complexity index is 1650. The molecule has 1 aromatic carbocycles. The number of benzene rings is 1. The van der Waals surface area contributed by atoms with Gasteiger partial charge in [-0.3, -0.25) is 4.79 Å². The molecule has 0 unspecified atom stereocenters. The third-order valence-corrected chi connectivity index (χ3v) is 10.7. The molecule has 0 aliphatic heterocycles. The molecule has 0 radical (unpaired) electrons. The van der Waals surface area contributed by atoms with Crippen molar-refractivity contribution in [2.24, 2.45) is 5.92 Å². The van der Waals surface area contributed by atoms with E-state index in [1.807, 2.05) is 32.3 Å². The zero-order valence-electron chi connectivity index (χ0n) is 30.2. The Morgan fingerprint density at radius 1 is 1.00 bits per heavy atom. The van der Waals surface area contributed by atoms with Crippen LogP contribution in [0.4, 0.5) is 9.18 Å². The molecule has 49 heavy (non-hydrogen) atoms. The molecule has 0 saturated heterocycles. The number of carbonyl (C=O) groups is 2. The van der Waals surface area contributed by atoms with E-state index in [1.54, 1.807) is 6.07 Å². The Morgan fingerprint density at radius 3 is 2.29 bits per heavy atom. The summed E-state index contributed by atoms with van der Waals surface area (Å²) in [6, 6.07) is 3.85. The Hall–Kier alpha value is -3.71. The van der Waals surface area contributed by atoms with Gasteiger partial charge in [0, 0.05) is 44.1 Å². The van der Waals surface area contributed by atoms with Crippen LogP contribution >= 0.6 is 0 Å². The maximum Gasteiger partial charge on any atom is 0.407 e. The van der Waals surface area contributed by atoms with Crippen molar-refractivity contribution in [3.05, 3.63) is 35.5 Å². The highest BCUT2D eigenvalue weighted by atomic mass is 28.3. The molecule has 2 aliphatic carbocycles. The molecule has 2 fully saturated rings. The largest absolute Gasteiger partial charge is 0.494 e. The normalized spacial score (nSPS) is 18.3. The summed E-state index contributed by atoms with van der Waals surface area (Å²) in [5.74, 6) is 0.111. The second kappa shape index (κ2) is 15.0. The zero-order valence-corrected chi connectivity index (χ0v) is 31.2. The van der Waals surface area contributed by atoms with Crippen LogP contribution in [0.5, 0.6) is 11.5 Å². The first-order valence-corrected chi connectivity index (χ1v) is 21.1. The Morgan fingerprint density at radius 2 is 1.67 bits per heavy atom. The first kappa shape index (κ1) is 36.6. The number of fused-ring (bicyclic) bond motifs is 1. The topological polar surface area (TPSA) is 126 Å². The molecular weight excluding hydrogens is 646 g/mol. The van der Waals surface area contributed by atoms with Crippen LogP contribution in [0.3, 0.4) is 0 Å². The summed E-state index contributed by atoms with van der Waals surface area (Å²) < 4.78 is 40.1. The standard InChI is InChI=1S/C36H52FN5O6Si/c1-22-30(34(43)40-24-11-13-25(14-12-24)41-35(44)48-36(2,3)4)32-33(42(22)21-46-15-16-49(6,7)8)31(38-20-39-32)26-17-29(45-5)27(37)18-28(26)47-19-23-9-10-23/h17-18,20,23-25H,9-16,19,21H2,1-8H3,(H,40,43)(H,41,44). The zero-order chi connectivity index (χ0) is 35.5. The summed E-state index contributed by atoms with van der Waals surface area (Å²) in [6.45, 7) is 15.6. The quantitative estimate of drug-likeness (QED) is 0.142. The number of carbonyl (C=O) groups excluding carboxylic acids is 2. The third kappa shape index (κ3) is 9.50. The third-order valence-electron chi connectivity index (χ3n) is 9.00. The summed E-state index contributed by atoms with van der Waals surface area (Å²) in [4.78, 5) is 35.7. The van der Waals surface area contributed by atoms with Gasteiger partial charge in [0.25, 0.3) is 5.91 Å². The van der Waals surface area contributed by atoms with Crippen LogP contribution in [0.15, 0.2) is 18.5 Å². The van der Waals surface area contributed by atoms with E-state index in [1.165, 1.54) is 19.5 Å². The predicted molar refractivity (Wildman–Crippen MR) is 189 cm³/mol. The molecule has 268 valence electrons. The highest BCUT2D eigenvalue weighted by Gasteiger charge is 2.31. The molecule has 11 nitrogen and oxygen atoms in total. The van der Waals surface area contributed by atoms with Crippen molar-refractivity contribution in [3.8, 4) is 22.8 Å². The van der Waals surface area contributed by atoms with Crippen molar-refractivity contribution in [1.82, 2.24) is 25.2 Å². The van der Waals surface area contributed by atoms with E-state index in [4.69, 9.17) is 18.9 Å². The molecule has 2 heterocycles. The van der Waals surface area contributed by atoms with Crippen LogP contribution < -0.4 is 20.1 Å². The number of alkyl carbamates (subject to hydrolysis) is 1. The van der Waals surface area contributed by atoms with E-state index in [0.717, 1.165) is 31.7 Å². The molecule has 2 saturated carbocycles. The van der Waals surface area contributed by atoms with Crippen LogP contribution in [-0.2, 0) is 16.2 Å². The van der Waals surface area contributed by atoms with Gasteiger partial charge in [-0.25, -0.2) is 19.2 Å². The Balaban J connectivity index is 1.45. The number of nitrogens with one attached hydrogen (secondary N) is 2. The fourth-order valence-electron chi connectivity index (χ4n) is 6.06. The Kier molecular flexibility index (Phi) is 11.2. The predicted octanol–water partition coefficient (Wildman–Crippen LogP) is 7.22. The van der Waals surface area contributed by atoms with E-state index in [2.05, 4.69) is 40.2 Å². The number of nitrogens with zero attached hydrogens (tertiary/aromatic N) is 3. The summed E-state index contributed by atoms with van der Waals surface area (Å²) >= 11 is 0. The van der Waals surface area contributed by atoms with Gasteiger partial charge >= 0.3 is 6.09 Å². The van der Waals surface area contributed by atoms with E-state index >= 15 is 0 Å². The molecule has 2 N–H and O–H groups in total. The molecule has 3 aromatic rings. The number of hydrogen-bond acceptors (Lipinski definition) is 8.